The Kier molecular flexibility index (Phi) is 15.1. The third kappa shape index (κ3) is 26.0. The van der Waals surface area contributed by atoms with Crippen molar-refractivity contribution in [3.63, 3.8) is 0 Å². The standard InChI is InChI=1S/C7H14.C4H10/c1-4-5-6-7(2)3;1-3-4-2/h2,4-6H2,1,3H3;3-4H2,1-2H3. The van der Waals surface area contributed by atoms with Crippen LogP contribution in [0.15, 0.2) is 12.2 Å². The molecule has 0 aliphatic rings. The van der Waals surface area contributed by atoms with Crippen LogP contribution in [0, 0.1) is 0 Å². The van der Waals surface area contributed by atoms with Gasteiger partial charge in [0.15, 0.2) is 0 Å². The highest BCUT2D eigenvalue weighted by Gasteiger charge is 1.81. The summed E-state index contributed by atoms with van der Waals surface area (Å²) in [6.07, 6.45) is 6.43. The molecule has 0 aliphatic heterocycles. The summed E-state index contributed by atoms with van der Waals surface area (Å²) in [6, 6.07) is 0. The van der Waals surface area contributed by atoms with Gasteiger partial charge in [0.05, 0.1) is 0 Å². The van der Waals surface area contributed by atoms with Crippen molar-refractivity contribution in [3.05, 3.63) is 12.2 Å². The predicted molar refractivity (Wildman–Crippen MR) is 54.9 cm³/mol. The molecule has 0 amide bonds. The van der Waals surface area contributed by atoms with Crippen molar-refractivity contribution < 1.29 is 0 Å². The Balaban J connectivity index is 0. The van der Waals surface area contributed by atoms with Crippen LogP contribution < -0.4 is 0 Å². The molecule has 11 heavy (non-hydrogen) atoms. The average molecular weight is 156 g/mol. The maximum absolute atomic E-state index is 3.79. The van der Waals surface area contributed by atoms with Crippen LogP contribution in [-0.4, -0.2) is 0 Å². The predicted octanol–water partition coefficient (Wildman–Crippen LogP) is 4.56. The summed E-state index contributed by atoms with van der Waals surface area (Å²) in [5.41, 5.74) is 1.31. The molecule has 0 aromatic heterocycles. The summed E-state index contributed by atoms with van der Waals surface area (Å²) in [7, 11) is 0. The molecule has 0 fully saturated rings. The summed E-state index contributed by atoms with van der Waals surface area (Å²) >= 11 is 0. The van der Waals surface area contributed by atoms with Gasteiger partial charge in [-0.05, 0) is 19.8 Å². The fourth-order valence-corrected chi connectivity index (χ4v) is 0.479. The third-order valence-corrected chi connectivity index (χ3v) is 1.46. The molecule has 0 heteroatoms. The van der Waals surface area contributed by atoms with Crippen LogP contribution in [0.3, 0.4) is 0 Å². The monoisotopic (exact) mass is 156 g/mol. The molecule has 0 saturated carbocycles. The van der Waals surface area contributed by atoms with Crippen LogP contribution >= 0.6 is 0 Å². The topological polar surface area (TPSA) is 0 Å². The number of allylic oxidation sites excluding steroid dienone is 1. The van der Waals surface area contributed by atoms with E-state index in [1.165, 1.54) is 37.7 Å². The van der Waals surface area contributed by atoms with E-state index in [2.05, 4.69) is 34.3 Å². The molecule has 0 rings (SSSR count). The van der Waals surface area contributed by atoms with Crippen molar-refractivity contribution in [1.82, 2.24) is 0 Å². The van der Waals surface area contributed by atoms with Gasteiger partial charge in [-0.25, -0.2) is 0 Å². The smallest absolute Gasteiger partial charge is 0.0326 e. The number of unbranched alkanes of at least 4 members (excludes halogenated alkanes) is 2. The van der Waals surface area contributed by atoms with Crippen LogP contribution in [0.2, 0.25) is 0 Å². The molecule has 0 radical (unpaired) electrons. The normalized spacial score (nSPS) is 8.36. The average Bonchev–Trinajstić information content (AvgIpc) is 2.01. The fourth-order valence-electron chi connectivity index (χ4n) is 0.479. The maximum Gasteiger partial charge on any atom is -0.0326 e. The van der Waals surface area contributed by atoms with Crippen LogP contribution in [0.25, 0.3) is 0 Å². The molecule has 0 aromatic rings. The Bertz CT molecular complexity index is 70.1. The zero-order valence-electron chi connectivity index (χ0n) is 8.74. The lowest BCUT2D eigenvalue weighted by Crippen LogP contribution is -1.71. The fraction of sp³-hybridized carbons (Fsp3) is 0.818. The molecule has 0 heterocycles. The summed E-state index contributed by atoms with van der Waals surface area (Å²) in [6.45, 7) is 12.4. The second kappa shape index (κ2) is 12.4. The van der Waals surface area contributed by atoms with Gasteiger partial charge >= 0.3 is 0 Å². The van der Waals surface area contributed by atoms with Crippen molar-refractivity contribution in [1.29, 1.82) is 0 Å². The first-order valence-electron chi connectivity index (χ1n) is 4.83. The van der Waals surface area contributed by atoms with Gasteiger partial charge in [0.1, 0.15) is 0 Å². The number of hydrogen-bond acceptors (Lipinski definition) is 0. The zero-order chi connectivity index (χ0) is 9.11. The number of hydrogen-bond donors (Lipinski definition) is 0. The van der Waals surface area contributed by atoms with Gasteiger partial charge in [-0.15, -0.1) is 6.58 Å². The van der Waals surface area contributed by atoms with Crippen LogP contribution in [0.5, 0.6) is 0 Å². The van der Waals surface area contributed by atoms with Crippen molar-refractivity contribution >= 4 is 0 Å². The minimum atomic E-state index is 1.20. The van der Waals surface area contributed by atoms with Crippen molar-refractivity contribution in [2.24, 2.45) is 0 Å². The quantitative estimate of drug-likeness (QED) is 0.523. The SMILES string of the molecule is C=C(C)CCCC.CCCC. The van der Waals surface area contributed by atoms with Gasteiger partial charge in [0.2, 0.25) is 0 Å². The van der Waals surface area contributed by atoms with E-state index in [1.807, 2.05) is 0 Å². The van der Waals surface area contributed by atoms with E-state index in [0.29, 0.717) is 0 Å². The van der Waals surface area contributed by atoms with Gasteiger partial charge in [0, 0.05) is 0 Å². The molecule has 0 saturated heterocycles. The highest BCUT2D eigenvalue weighted by atomic mass is 13.9. The van der Waals surface area contributed by atoms with Gasteiger partial charge < -0.3 is 0 Å². The molecule has 0 N–H and O–H groups in total. The van der Waals surface area contributed by atoms with Crippen molar-refractivity contribution in [2.45, 2.75) is 59.8 Å². The largest absolute Gasteiger partial charge is 0.100 e. The van der Waals surface area contributed by atoms with E-state index >= 15 is 0 Å². The molecule has 0 unspecified atom stereocenters. The lowest BCUT2D eigenvalue weighted by molar-refractivity contribution is 0.789. The molecular formula is C11H24. The maximum atomic E-state index is 3.79. The Morgan fingerprint density at radius 3 is 1.55 bits per heavy atom. The molecule has 0 aliphatic carbocycles. The van der Waals surface area contributed by atoms with Crippen LogP contribution in [0.1, 0.15) is 59.8 Å². The summed E-state index contributed by atoms with van der Waals surface area (Å²) in [5, 5.41) is 0. The highest BCUT2D eigenvalue weighted by molar-refractivity contribution is 4.86. The first-order chi connectivity index (χ1) is 5.18. The minimum Gasteiger partial charge on any atom is -0.100 e. The molecule has 0 nitrogen and oxygen atoms in total. The van der Waals surface area contributed by atoms with E-state index in [0.717, 1.165) is 0 Å². The Morgan fingerprint density at radius 1 is 1.00 bits per heavy atom. The lowest BCUT2D eigenvalue weighted by atomic mass is 10.2. The van der Waals surface area contributed by atoms with Crippen LogP contribution in [-0.2, 0) is 0 Å². The third-order valence-electron chi connectivity index (χ3n) is 1.46. The Morgan fingerprint density at radius 2 is 1.45 bits per heavy atom. The molecule has 0 atom stereocenters. The summed E-state index contributed by atoms with van der Waals surface area (Å²) < 4.78 is 0. The minimum absolute atomic E-state index is 1.20. The van der Waals surface area contributed by atoms with Gasteiger partial charge in [-0.1, -0.05) is 45.6 Å². The van der Waals surface area contributed by atoms with E-state index in [9.17, 15) is 0 Å². The van der Waals surface area contributed by atoms with Crippen LogP contribution in [0.4, 0.5) is 0 Å². The molecular weight excluding hydrogens is 132 g/mol. The Hall–Kier alpha value is -0.260. The Labute approximate surface area is 72.7 Å². The highest BCUT2D eigenvalue weighted by Crippen LogP contribution is 2.01. The van der Waals surface area contributed by atoms with Crippen molar-refractivity contribution in [3.8, 4) is 0 Å². The van der Waals surface area contributed by atoms with Gasteiger partial charge in [-0.2, -0.15) is 0 Å². The molecule has 0 bridgehead atoms. The van der Waals surface area contributed by atoms with Gasteiger partial charge in [-0.3, -0.25) is 0 Å². The second-order valence-electron chi connectivity index (χ2n) is 3.06. The molecule has 0 aromatic carbocycles. The van der Waals surface area contributed by atoms with E-state index in [-0.39, 0.29) is 0 Å². The molecule has 68 valence electrons. The second-order valence-corrected chi connectivity index (χ2v) is 3.06. The first-order valence-corrected chi connectivity index (χ1v) is 4.83. The number of rotatable bonds is 4. The summed E-state index contributed by atoms with van der Waals surface area (Å²) in [5.74, 6) is 0. The van der Waals surface area contributed by atoms with E-state index in [4.69, 9.17) is 0 Å². The lowest BCUT2D eigenvalue weighted by Gasteiger charge is -1.91. The molecule has 0 spiro atoms. The first kappa shape index (κ1) is 13.3. The van der Waals surface area contributed by atoms with Crippen molar-refractivity contribution in [2.75, 3.05) is 0 Å². The summed E-state index contributed by atoms with van der Waals surface area (Å²) in [4.78, 5) is 0. The van der Waals surface area contributed by atoms with E-state index < -0.39 is 0 Å². The van der Waals surface area contributed by atoms with Gasteiger partial charge in [0.25, 0.3) is 0 Å². The zero-order valence-corrected chi connectivity index (χ0v) is 8.74. The van der Waals surface area contributed by atoms with E-state index in [1.54, 1.807) is 0 Å².